The number of carboxylic acid groups (broad SMARTS) is 1. The zero-order valence-electron chi connectivity index (χ0n) is 10.7. The number of rotatable bonds is 6. The lowest BCUT2D eigenvalue weighted by Crippen LogP contribution is -2.40. The summed E-state index contributed by atoms with van der Waals surface area (Å²) < 4.78 is 0. The Kier molecular flexibility index (Phi) is 5.17. The molecule has 98 valence electrons. The largest absolute Gasteiger partial charge is 0.480 e. The van der Waals surface area contributed by atoms with Crippen LogP contribution in [0.25, 0.3) is 0 Å². The number of anilines is 1. The molecule has 0 atom stereocenters. The van der Waals surface area contributed by atoms with E-state index in [2.05, 4.69) is 0 Å². The van der Waals surface area contributed by atoms with Crippen LogP contribution in [0.4, 0.5) is 5.69 Å². The van der Waals surface area contributed by atoms with Crippen LogP contribution in [0.2, 0.25) is 0 Å². The Balaban J connectivity index is 2.80. The van der Waals surface area contributed by atoms with Gasteiger partial charge in [-0.1, -0.05) is 18.2 Å². The highest BCUT2D eigenvalue weighted by molar-refractivity contribution is 5.83. The number of amides is 1. The molecule has 1 rings (SSSR count). The van der Waals surface area contributed by atoms with Crippen molar-refractivity contribution in [3.63, 3.8) is 0 Å². The predicted octanol–water partition coefficient (Wildman–Crippen LogP) is 1.06. The smallest absolute Gasteiger partial charge is 0.323 e. The van der Waals surface area contributed by atoms with Crippen molar-refractivity contribution >= 4 is 17.6 Å². The maximum absolute atomic E-state index is 11.8. The molecule has 0 aromatic heterocycles. The Labute approximate surface area is 107 Å². The summed E-state index contributed by atoms with van der Waals surface area (Å²) in [4.78, 5) is 25.8. The summed E-state index contributed by atoms with van der Waals surface area (Å²) in [5, 5.41) is 8.89. The van der Waals surface area contributed by atoms with E-state index in [1.165, 1.54) is 0 Å². The van der Waals surface area contributed by atoms with Crippen molar-refractivity contribution < 1.29 is 14.7 Å². The summed E-state index contributed by atoms with van der Waals surface area (Å²) in [6.45, 7) is 2.37. The van der Waals surface area contributed by atoms with Gasteiger partial charge in [-0.3, -0.25) is 9.59 Å². The van der Waals surface area contributed by atoms with E-state index in [0.29, 0.717) is 6.54 Å². The van der Waals surface area contributed by atoms with Gasteiger partial charge in [0.05, 0.1) is 6.54 Å². The minimum Gasteiger partial charge on any atom is -0.480 e. The third-order valence-electron chi connectivity index (χ3n) is 2.67. The number of carboxylic acids is 1. The number of likely N-dealkylation sites (N-methyl/N-ethyl adjacent to an activating group) is 1. The molecule has 0 bridgehead atoms. The third-order valence-corrected chi connectivity index (χ3v) is 2.67. The molecule has 1 N–H and O–H groups in total. The topological polar surface area (TPSA) is 60.9 Å². The molecule has 1 aromatic rings. The summed E-state index contributed by atoms with van der Waals surface area (Å²) in [7, 11) is 1.70. The first-order valence-corrected chi connectivity index (χ1v) is 5.80. The van der Waals surface area contributed by atoms with Crippen molar-refractivity contribution in [3.05, 3.63) is 30.3 Å². The molecular weight excluding hydrogens is 232 g/mol. The minimum absolute atomic E-state index is 0.0701. The summed E-state index contributed by atoms with van der Waals surface area (Å²) in [6.07, 6.45) is 0. The van der Waals surface area contributed by atoms with Crippen molar-refractivity contribution in [2.24, 2.45) is 0 Å². The Bertz CT molecular complexity index is 406. The fourth-order valence-electron chi connectivity index (χ4n) is 1.50. The molecule has 0 unspecified atom stereocenters. The number of para-hydroxylation sites is 1. The summed E-state index contributed by atoms with van der Waals surface area (Å²) >= 11 is 0. The van der Waals surface area contributed by atoms with E-state index < -0.39 is 5.97 Å². The highest BCUT2D eigenvalue weighted by Gasteiger charge is 2.16. The van der Waals surface area contributed by atoms with Gasteiger partial charge in [-0.2, -0.15) is 0 Å². The molecule has 1 aromatic carbocycles. The van der Waals surface area contributed by atoms with Crippen LogP contribution in [0.1, 0.15) is 6.92 Å². The lowest BCUT2D eigenvalue weighted by Gasteiger charge is -2.24. The van der Waals surface area contributed by atoms with E-state index in [1.807, 2.05) is 25.1 Å². The molecule has 0 aliphatic rings. The first-order chi connectivity index (χ1) is 8.54. The van der Waals surface area contributed by atoms with Crippen molar-refractivity contribution in [1.82, 2.24) is 4.90 Å². The van der Waals surface area contributed by atoms with Gasteiger partial charge in [0.25, 0.3) is 0 Å². The molecule has 0 aliphatic carbocycles. The van der Waals surface area contributed by atoms with Crippen LogP contribution in [0.15, 0.2) is 30.3 Å². The normalized spacial score (nSPS) is 9.89. The fourth-order valence-corrected chi connectivity index (χ4v) is 1.50. The first kappa shape index (κ1) is 14.0. The average Bonchev–Trinajstić information content (AvgIpc) is 2.37. The zero-order valence-corrected chi connectivity index (χ0v) is 10.7. The van der Waals surface area contributed by atoms with Crippen LogP contribution in [0.3, 0.4) is 0 Å². The summed E-state index contributed by atoms with van der Waals surface area (Å²) in [5.41, 5.74) is 0.734. The maximum Gasteiger partial charge on any atom is 0.323 e. The van der Waals surface area contributed by atoms with Crippen LogP contribution in [0.5, 0.6) is 0 Å². The SMILES string of the molecule is CCN(C)C(=O)CN(CC(=O)O)c1ccccc1. The summed E-state index contributed by atoms with van der Waals surface area (Å²) in [6, 6.07) is 9.07. The molecule has 0 aliphatic heterocycles. The third kappa shape index (κ3) is 4.08. The number of carbonyl (C=O) groups is 2. The van der Waals surface area contributed by atoms with Crippen LogP contribution in [-0.4, -0.2) is 48.6 Å². The van der Waals surface area contributed by atoms with Crippen molar-refractivity contribution in [2.75, 3.05) is 31.6 Å². The molecule has 0 saturated carbocycles. The molecule has 5 nitrogen and oxygen atoms in total. The van der Waals surface area contributed by atoms with Crippen LogP contribution in [0, 0.1) is 0 Å². The molecule has 0 radical (unpaired) electrons. The zero-order chi connectivity index (χ0) is 13.5. The van der Waals surface area contributed by atoms with E-state index in [9.17, 15) is 9.59 Å². The van der Waals surface area contributed by atoms with Gasteiger partial charge >= 0.3 is 5.97 Å². The number of benzene rings is 1. The van der Waals surface area contributed by atoms with Gasteiger partial charge in [0.1, 0.15) is 6.54 Å². The van der Waals surface area contributed by atoms with E-state index in [4.69, 9.17) is 5.11 Å². The molecule has 5 heteroatoms. The van der Waals surface area contributed by atoms with Crippen molar-refractivity contribution in [1.29, 1.82) is 0 Å². The summed E-state index contributed by atoms with van der Waals surface area (Å²) in [5.74, 6) is -1.05. The van der Waals surface area contributed by atoms with Crippen LogP contribution < -0.4 is 4.90 Å². The fraction of sp³-hybridized carbons (Fsp3) is 0.385. The molecule has 18 heavy (non-hydrogen) atoms. The van der Waals surface area contributed by atoms with Crippen molar-refractivity contribution in [3.8, 4) is 0 Å². The number of hydrogen-bond acceptors (Lipinski definition) is 3. The second-order valence-electron chi connectivity index (χ2n) is 3.99. The molecular formula is C13H18N2O3. The minimum atomic E-state index is -0.953. The van der Waals surface area contributed by atoms with Gasteiger partial charge in [-0.05, 0) is 19.1 Å². The van der Waals surface area contributed by atoms with Gasteiger partial charge in [-0.15, -0.1) is 0 Å². The Morgan fingerprint density at radius 1 is 1.17 bits per heavy atom. The van der Waals surface area contributed by atoms with Gasteiger partial charge in [0, 0.05) is 19.3 Å². The van der Waals surface area contributed by atoms with Crippen LogP contribution in [-0.2, 0) is 9.59 Å². The number of hydrogen-bond donors (Lipinski definition) is 1. The lowest BCUT2D eigenvalue weighted by molar-refractivity contribution is -0.135. The van der Waals surface area contributed by atoms with E-state index in [1.54, 1.807) is 29.0 Å². The van der Waals surface area contributed by atoms with Crippen molar-refractivity contribution in [2.45, 2.75) is 6.92 Å². The monoisotopic (exact) mass is 250 g/mol. The molecule has 0 heterocycles. The number of nitrogens with zero attached hydrogens (tertiary/aromatic N) is 2. The Morgan fingerprint density at radius 3 is 2.28 bits per heavy atom. The molecule has 0 fully saturated rings. The van der Waals surface area contributed by atoms with Gasteiger partial charge < -0.3 is 14.9 Å². The highest BCUT2D eigenvalue weighted by Crippen LogP contribution is 2.12. The predicted molar refractivity (Wildman–Crippen MR) is 69.6 cm³/mol. The number of carbonyl (C=O) groups excluding carboxylic acids is 1. The Hall–Kier alpha value is -2.04. The Morgan fingerprint density at radius 2 is 1.78 bits per heavy atom. The quantitative estimate of drug-likeness (QED) is 0.820. The standard InChI is InChI=1S/C13H18N2O3/c1-3-14(2)12(16)9-15(10-13(17)18)11-7-5-4-6-8-11/h4-8H,3,9-10H2,1-2H3,(H,17,18). The van der Waals surface area contributed by atoms with E-state index in [-0.39, 0.29) is 19.0 Å². The average molecular weight is 250 g/mol. The maximum atomic E-state index is 11.8. The lowest BCUT2D eigenvalue weighted by atomic mass is 10.2. The highest BCUT2D eigenvalue weighted by atomic mass is 16.4. The van der Waals surface area contributed by atoms with Gasteiger partial charge in [-0.25, -0.2) is 0 Å². The van der Waals surface area contributed by atoms with Crippen LogP contribution >= 0.6 is 0 Å². The first-order valence-electron chi connectivity index (χ1n) is 5.80. The van der Waals surface area contributed by atoms with Gasteiger partial charge in [0.15, 0.2) is 0 Å². The van der Waals surface area contributed by atoms with Gasteiger partial charge in [0.2, 0.25) is 5.91 Å². The molecule has 0 saturated heterocycles. The van der Waals surface area contributed by atoms with E-state index >= 15 is 0 Å². The number of aliphatic carboxylic acids is 1. The van der Waals surface area contributed by atoms with E-state index in [0.717, 1.165) is 5.69 Å². The molecule has 0 spiro atoms. The molecule has 1 amide bonds. The second kappa shape index (κ2) is 6.64. The second-order valence-corrected chi connectivity index (χ2v) is 3.99.